The number of benzene rings is 2. The quantitative estimate of drug-likeness (QED) is 0.176. The maximum Gasteiger partial charge on any atom is 0.419 e. The number of likely N-dealkylation sites (N-methyl/N-ethyl adjacent to an activating group) is 1. The molecule has 0 unspecified atom stereocenters. The Labute approximate surface area is 240 Å². The lowest BCUT2D eigenvalue weighted by atomic mass is 9.96. The number of hydrogen-bond acceptors (Lipinski definition) is 7. The third-order valence-electron chi connectivity index (χ3n) is 6.87. The number of amides is 2. The van der Waals surface area contributed by atoms with Crippen LogP contribution in [0.2, 0.25) is 0 Å². The van der Waals surface area contributed by atoms with Crippen molar-refractivity contribution in [2.24, 2.45) is 0 Å². The standard InChI is InChI=1S/C32H26N4O6/c1-32(2,3)42-31(40)36-17-22(19-12-8-14-23(26(19)36)41-30(39)18-10-6-5-7-11-18)25-24(28(37)35(4)29(25)38)21-16-34-27-20(21)13-9-15-33-27/h5-17H,1-4H3,(H,33,34). The van der Waals surface area contributed by atoms with Crippen molar-refractivity contribution in [1.29, 1.82) is 0 Å². The molecule has 4 heterocycles. The van der Waals surface area contributed by atoms with E-state index in [1.165, 1.54) is 17.8 Å². The molecule has 2 amide bonds. The van der Waals surface area contributed by atoms with Gasteiger partial charge in [-0.15, -0.1) is 0 Å². The number of H-pyrrole nitrogens is 1. The van der Waals surface area contributed by atoms with Gasteiger partial charge in [-0.05, 0) is 51.1 Å². The Morgan fingerprint density at radius 3 is 2.26 bits per heavy atom. The highest BCUT2D eigenvalue weighted by molar-refractivity contribution is 6.50. The van der Waals surface area contributed by atoms with Crippen LogP contribution in [0.25, 0.3) is 33.1 Å². The summed E-state index contributed by atoms with van der Waals surface area (Å²) in [5, 5.41) is 1.08. The molecule has 0 spiro atoms. The fraction of sp³-hybridized carbons (Fsp3) is 0.156. The van der Waals surface area contributed by atoms with E-state index in [9.17, 15) is 19.2 Å². The fourth-order valence-corrected chi connectivity index (χ4v) is 5.03. The number of carbonyl (C=O) groups is 4. The van der Waals surface area contributed by atoms with Crippen molar-refractivity contribution in [3.63, 3.8) is 0 Å². The van der Waals surface area contributed by atoms with Gasteiger partial charge in [0.2, 0.25) is 0 Å². The molecule has 1 N–H and O–H groups in total. The minimum absolute atomic E-state index is 0.0852. The van der Waals surface area contributed by atoms with E-state index in [4.69, 9.17) is 9.47 Å². The molecule has 0 saturated carbocycles. The second-order valence-electron chi connectivity index (χ2n) is 10.8. The van der Waals surface area contributed by atoms with Gasteiger partial charge in [-0.2, -0.15) is 0 Å². The lowest BCUT2D eigenvalue weighted by Crippen LogP contribution is -2.27. The molecule has 42 heavy (non-hydrogen) atoms. The maximum atomic E-state index is 13.7. The van der Waals surface area contributed by atoms with E-state index in [-0.39, 0.29) is 22.4 Å². The molecule has 0 bridgehead atoms. The minimum atomic E-state index is -0.843. The van der Waals surface area contributed by atoms with Crippen molar-refractivity contribution in [1.82, 2.24) is 19.4 Å². The van der Waals surface area contributed by atoms with E-state index >= 15 is 0 Å². The first-order valence-corrected chi connectivity index (χ1v) is 13.2. The van der Waals surface area contributed by atoms with Crippen LogP contribution in [0.3, 0.4) is 0 Å². The van der Waals surface area contributed by atoms with Gasteiger partial charge >= 0.3 is 12.1 Å². The van der Waals surface area contributed by atoms with Crippen LogP contribution in [0.15, 0.2) is 79.3 Å². The zero-order chi connectivity index (χ0) is 29.8. The first-order chi connectivity index (χ1) is 20.0. The molecule has 210 valence electrons. The number of nitrogens with one attached hydrogen (secondary N) is 1. The molecule has 0 fully saturated rings. The zero-order valence-electron chi connectivity index (χ0n) is 23.3. The first-order valence-electron chi connectivity index (χ1n) is 13.2. The summed E-state index contributed by atoms with van der Waals surface area (Å²) in [7, 11) is 1.41. The van der Waals surface area contributed by atoms with E-state index in [0.29, 0.717) is 33.1 Å². The summed E-state index contributed by atoms with van der Waals surface area (Å²) < 4.78 is 12.7. The monoisotopic (exact) mass is 562 g/mol. The maximum absolute atomic E-state index is 13.7. The number of fused-ring (bicyclic) bond motifs is 2. The third kappa shape index (κ3) is 4.43. The number of esters is 1. The smallest absolute Gasteiger partial charge is 0.419 e. The number of nitrogens with zero attached hydrogens (tertiary/aromatic N) is 3. The number of carbonyl (C=O) groups excluding carboxylic acids is 4. The van der Waals surface area contributed by atoms with Crippen LogP contribution in [0, 0.1) is 0 Å². The van der Waals surface area contributed by atoms with Crippen molar-refractivity contribution < 1.29 is 28.7 Å². The Morgan fingerprint density at radius 2 is 1.55 bits per heavy atom. The van der Waals surface area contributed by atoms with E-state index < -0.39 is 29.5 Å². The summed E-state index contributed by atoms with van der Waals surface area (Å²) in [6.07, 6.45) is 3.96. The van der Waals surface area contributed by atoms with Crippen LogP contribution in [-0.2, 0) is 14.3 Å². The number of rotatable bonds is 4. The molecule has 0 atom stereocenters. The van der Waals surface area contributed by atoms with Crippen molar-refractivity contribution >= 4 is 57.0 Å². The van der Waals surface area contributed by atoms with E-state index in [1.54, 1.807) is 93.8 Å². The molecule has 0 saturated heterocycles. The van der Waals surface area contributed by atoms with Gasteiger partial charge in [0, 0.05) is 47.5 Å². The molecule has 10 heteroatoms. The Balaban J connectivity index is 1.61. The summed E-state index contributed by atoms with van der Waals surface area (Å²) in [6, 6.07) is 16.9. The van der Waals surface area contributed by atoms with Crippen LogP contribution >= 0.6 is 0 Å². The van der Waals surface area contributed by atoms with Gasteiger partial charge in [-0.3, -0.25) is 14.5 Å². The van der Waals surface area contributed by atoms with Crippen molar-refractivity contribution in [3.8, 4) is 5.75 Å². The van der Waals surface area contributed by atoms with E-state index in [0.717, 1.165) is 4.90 Å². The van der Waals surface area contributed by atoms with Gasteiger partial charge in [-0.25, -0.2) is 19.1 Å². The normalized spacial score (nSPS) is 13.9. The van der Waals surface area contributed by atoms with E-state index in [2.05, 4.69) is 9.97 Å². The minimum Gasteiger partial charge on any atom is -0.443 e. The predicted octanol–water partition coefficient (Wildman–Crippen LogP) is 5.43. The van der Waals surface area contributed by atoms with Crippen LogP contribution in [0.5, 0.6) is 5.75 Å². The van der Waals surface area contributed by atoms with Crippen molar-refractivity contribution in [3.05, 3.63) is 95.9 Å². The topological polar surface area (TPSA) is 124 Å². The Kier molecular flexibility index (Phi) is 6.26. The second kappa shape index (κ2) is 9.84. The number of imide groups is 1. The van der Waals surface area contributed by atoms with Gasteiger partial charge < -0.3 is 14.5 Å². The molecule has 10 nitrogen and oxygen atoms in total. The molecule has 1 aliphatic rings. The van der Waals surface area contributed by atoms with Crippen molar-refractivity contribution in [2.75, 3.05) is 7.05 Å². The Bertz CT molecular complexity index is 1960. The van der Waals surface area contributed by atoms with E-state index in [1.807, 2.05) is 0 Å². The number of pyridine rings is 1. The summed E-state index contributed by atoms with van der Waals surface area (Å²) in [5.74, 6) is -1.57. The SMILES string of the molecule is CN1C(=O)C(c2c[nH]c3ncccc23)=C(c2cn(C(=O)OC(C)(C)C)c3c(OC(=O)c4ccccc4)cccc23)C1=O. The highest BCUT2D eigenvalue weighted by atomic mass is 16.6. The van der Waals surface area contributed by atoms with Crippen LogP contribution < -0.4 is 4.74 Å². The number of aromatic nitrogens is 3. The zero-order valence-corrected chi connectivity index (χ0v) is 23.3. The summed E-state index contributed by atoms with van der Waals surface area (Å²) in [4.78, 5) is 62.1. The molecule has 2 aromatic carbocycles. The van der Waals surface area contributed by atoms with Gasteiger partial charge in [0.05, 0.1) is 16.7 Å². The van der Waals surface area contributed by atoms with Gasteiger partial charge in [0.1, 0.15) is 16.8 Å². The van der Waals surface area contributed by atoms with Crippen LogP contribution in [-0.4, -0.2) is 56.0 Å². The average Bonchev–Trinajstić information content (AvgIpc) is 3.62. The second-order valence-corrected chi connectivity index (χ2v) is 10.8. The molecule has 5 aromatic rings. The molecule has 0 aliphatic carbocycles. The Hall–Kier alpha value is -5.51. The third-order valence-corrected chi connectivity index (χ3v) is 6.87. The number of hydrogen-bond donors (Lipinski definition) is 1. The van der Waals surface area contributed by atoms with Gasteiger partial charge in [0.25, 0.3) is 11.8 Å². The van der Waals surface area contributed by atoms with Gasteiger partial charge in [-0.1, -0.05) is 30.3 Å². The predicted molar refractivity (Wildman–Crippen MR) is 156 cm³/mol. The molecule has 1 aliphatic heterocycles. The first kappa shape index (κ1) is 26.7. The largest absolute Gasteiger partial charge is 0.443 e. The van der Waals surface area contributed by atoms with Crippen LogP contribution in [0.4, 0.5) is 4.79 Å². The summed E-state index contributed by atoms with van der Waals surface area (Å²) >= 11 is 0. The van der Waals surface area contributed by atoms with Crippen molar-refractivity contribution in [2.45, 2.75) is 26.4 Å². The fourth-order valence-electron chi connectivity index (χ4n) is 5.03. The lowest BCUT2D eigenvalue weighted by molar-refractivity contribution is -0.134. The summed E-state index contributed by atoms with van der Waals surface area (Å²) in [5.41, 5.74) is 1.33. The molecule has 3 aromatic heterocycles. The van der Waals surface area contributed by atoms with Gasteiger partial charge in [0.15, 0.2) is 5.75 Å². The number of para-hydroxylation sites is 1. The molecule has 0 radical (unpaired) electrons. The number of ether oxygens (including phenoxy) is 2. The molecular weight excluding hydrogens is 536 g/mol. The highest BCUT2D eigenvalue weighted by Crippen LogP contribution is 2.42. The molecule has 6 rings (SSSR count). The lowest BCUT2D eigenvalue weighted by Gasteiger charge is -2.20. The highest BCUT2D eigenvalue weighted by Gasteiger charge is 2.40. The van der Waals surface area contributed by atoms with Crippen LogP contribution in [0.1, 0.15) is 42.3 Å². The average molecular weight is 563 g/mol. The summed E-state index contributed by atoms with van der Waals surface area (Å²) in [6.45, 7) is 5.19. The molecular formula is C32H26N4O6. The number of aromatic amines is 1. The Morgan fingerprint density at radius 1 is 0.857 bits per heavy atom.